The zero-order valence-corrected chi connectivity index (χ0v) is 10.1. The average Bonchev–Trinajstić information content (AvgIpc) is 3.09. The Kier molecular flexibility index (Phi) is 3.78. The van der Waals surface area contributed by atoms with Gasteiger partial charge >= 0.3 is 0 Å². The Morgan fingerprint density at radius 2 is 2.25 bits per heavy atom. The van der Waals surface area contributed by atoms with Gasteiger partial charge in [0.25, 0.3) is 0 Å². The minimum atomic E-state index is 0.540. The van der Waals surface area contributed by atoms with E-state index in [2.05, 4.69) is 30.2 Å². The highest BCUT2D eigenvalue weighted by Gasteiger charge is 2.19. The van der Waals surface area contributed by atoms with Crippen molar-refractivity contribution in [3.05, 3.63) is 23.9 Å². The van der Waals surface area contributed by atoms with Crippen molar-refractivity contribution in [1.82, 2.24) is 10.3 Å². The lowest BCUT2D eigenvalue weighted by Gasteiger charge is -2.08. The van der Waals surface area contributed by atoms with Gasteiger partial charge in [0.15, 0.2) is 0 Å². The molecule has 0 saturated heterocycles. The zero-order chi connectivity index (χ0) is 11.4. The lowest BCUT2D eigenvalue weighted by Crippen LogP contribution is -2.15. The summed E-state index contributed by atoms with van der Waals surface area (Å²) in [7, 11) is 0. The maximum atomic E-state index is 5.53. The van der Waals surface area contributed by atoms with Crippen LogP contribution in [-0.2, 0) is 6.54 Å². The minimum absolute atomic E-state index is 0.540. The summed E-state index contributed by atoms with van der Waals surface area (Å²) in [6.45, 7) is 5.91. The van der Waals surface area contributed by atoms with Crippen LogP contribution in [0.15, 0.2) is 18.3 Å². The lowest BCUT2D eigenvalue weighted by atomic mass is 10.2. The molecule has 88 valence electrons. The van der Waals surface area contributed by atoms with E-state index in [1.165, 1.54) is 18.4 Å². The van der Waals surface area contributed by atoms with Gasteiger partial charge in [0, 0.05) is 24.8 Å². The smallest absolute Gasteiger partial charge is 0.213 e. The van der Waals surface area contributed by atoms with E-state index in [0.717, 1.165) is 25.1 Å². The fourth-order valence-corrected chi connectivity index (χ4v) is 1.40. The molecule has 1 fully saturated rings. The molecule has 1 aliphatic rings. The summed E-state index contributed by atoms with van der Waals surface area (Å²) in [5.41, 5.74) is 1.23. The van der Waals surface area contributed by atoms with Crippen LogP contribution in [0.5, 0.6) is 5.88 Å². The molecule has 1 heterocycles. The molecule has 3 nitrogen and oxygen atoms in total. The molecular formula is C13H20N2O. The first-order valence-corrected chi connectivity index (χ1v) is 6.05. The normalized spacial score (nSPS) is 15.4. The standard InChI is InChI=1S/C13H20N2O/c1-10(2)9-16-13-6-3-11(8-15-13)7-14-12-4-5-12/h3,6,8,10,12,14H,4-5,7,9H2,1-2H3. The molecular weight excluding hydrogens is 200 g/mol. The van der Waals surface area contributed by atoms with E-state index < -0.39 is 0 Å². The molecule has 0 amide bonds. The van der Waals surface area contributed by atoms with Gasteiger partial charge in [-0.15, -0.1) is 0 Å². The molecule has 1 aromatic heterocycles. The maximum absolute atomic E-state index is 5.53. The second kappa shape index (κ2) is 5.30. The van der Waals surface area contributed by atoms with Crippen molar-refractivity contribution in [2.45, 2.75) is 39.3 Å². The van der Waals surface area contributed by atoms with Crippen molar-refractivity contribution in [3.8, 4) is 5.88 Å². The van der Waals surface area contributed by atoms with E-state index in [4.69, 9.17) is 4.74 Å². The number of nitrogens with one attached hydrogen (secondary N) is 1. The molecule has 0 aromatic carbocycles. The van der Waals surface area contributed by atoms with Crippen molar-refractivity contribution in [2.24, 2.45) is 5.92 Å². The molecule has 1 N–H and O–H groups in total. The topological polar surface area (TPSA) is 34.1 Å². The Bertz CT molecular complexity index is 292. The summed E-state index contributed by atoms with van der Waals surface area (Å²) in [6, 6.07) is 4.78. The van der Waals surface area contributed by atoms with Gasteiger partial charge in [-0.05, 0) is 24.3 Å². The van der Waals surface area contributed by atoms with Crippen LogP contribution in [0.2, 0.25) is 0 Å². The predicted molar refractivity (Wildman–Crippen MR) is 64.4 cm³/mol. The Morgan fingerprint density at radius 1 is 1.44 bits per heavy atom. The number of rotatable bonds is 6. The van der Waals surface area contributed by atoms with Crippen molar-refractivity contribution in [2.75, 3.05) is 6.61 Å². The molecule has 0 aliphatic heterocycles. The number of aromatic nitrogens is 1. The Morgan fingerprint density at radius 3 is 2.81 bits per heavy atom. The Labute approximate surface area is 97.2 Å². The van der Waals surface area contributed by atoms with E-state index in [-0.39, 0.29) is 0 Å². The Balaban J connectivity index is 1.78. The van der Waals surface area contributed by atoms with Gasteiger partial charge in [0.05, 0.1) is 6.61 Å². The third kappa shape index (κ3) is 3.81. The molecule has 0 unspecified atom stereocenters. The quantitative estimate of drug-likeness (QED) is 0.799. The minimum Gasteiger partial charge on any atom is -0.477 e. The predicted octanol–water partition coefficient (Wildman–Crippen LogP) is 2.37. The van der Waals surface area contributed by atoms with Crippen LogP contribution in [0.25, 0.3) is 0 Å². The lowest BCUT2D eigenvalue weighted by molar-refractivity contribution is 0.261. The van der Waals surface area contributed by atoms with Gasteiger partial charge in [-0.2, -0.15) is 0 Å². The summed E-state index contributed by atoms with van der Waals surface area (Å²) >= 11 is 0. The number of ether oxygens (including phenoxy) is 1. The van der Waals surface area contributed by atoms with E-state index in [1.807, 2.05) is 12.3 Å². The summed E-state index contributed by atoms with van der Waals surface area (Å²) in [5, 5.41) is 3.46. The van der Waals surface area contributed by atoms with Crippen LogP contribution < -0.4 is 10.1 Å². The van der Waals surface area contributed by atoms with Crippen LogP contribution in [0.1, 0.15) is 32.3 Å². The highest BCUT2D eigenvalue weighted by atomic mass is 16.5. The van der Waals surface area contributed by atoms with Crippen molar-refractivity contribution in [1.29, 1.82) is 0 Å². The zero-order valence-electron chi connectivity index (χ0n) is 10.1. The average molecular weight is 220 g/mol. The van der Waals surface area contributed by atoms with E-state index in [9.17, 15) is 0 Å². The summed E-state index contributed by atoms with van der Waals surface area (Å²) in [5.74, 6) is 1.27. The van der Waals surface area contributed by atoms with Gasteiger partial charge in [0.2, 0.25) is 5.88 Å². The van der Waals surface area contributed by atoms with Gasteiger partial charge in [0.1, 0.15) is 0 Å². The first-order valence-electron chi connectivity index (χ1n) is 6.05. The second-order valence-corrected chi connectivity index (χ2v) is 4.86. The largest absolute Gasteiger partial charge is 0.477 e. The van der Waals surface area contributed by atoms with E-state index in [0.29, 0.717) is 5.92 Å². The third-order valence-corrected chi connectivity index (χ3v) is 2.53. The van der Waals surface area contributed by atoms with Crippen LogP contribution in [-0.4, -0.2) is 17.6 Å². The first-order chi connectivity index (χ1) is 7.74. The van der Waals surface area contributed by atoms with Gasteiger partial charge < -0.3 is 10.1 Å². The monoisotopic (exact) mass is 220 g/mol. The molecule has 1 saturated carbocycles. The first kappa shape index (κ1) is 11.4. The van der Waals surface area contributed by atoms with Crippen LogP contribution in [0.3, 0.4) is 0 Å². The van der Waals surface area contributed by atoms with Crippen molar-refractivity contribution >= 4 is 0 Å². The fourth-order valence-electron chi connectivity index (χ4n) is 1.40. The molecule has 1 aromatic rings. The highest BCUT2D eigenvalue weighted by molar-refractivity contribution is 5.17. The third-order valence-electron chi connectivity index (χ3n) is 2.53. The molecule has 0 radical (unpaired) electrons. The summed E-state index contributed by atoms with van der Waals surface area (Å²) in [4.78, 5) is 4.29. The number of hydrogen-bond donors (Lipinski definition) is 1. The highest BCUT2D eigenvalue weighted by Crippen LogP contribution is 2.19. The number of hydrogen-bond acceptors (Lipinski definition) is 3. The molecule has 3 heteroatoms. The van der Waals surface area contributed by atoms with Crippen LogP contribution >= 0.6 is 0 Å². The number of pyridine rings is 1. The molecule has 2 rings (SSSR count). The van der Waals surface area contributed by atoms with Crippen LogP contribution in [0, 0.1) is 5.92 Å². The number of nitrogens with zero attached hydrogens (tertiary/aromatic N) is 1. The van der Waals surface area contributed by atoms with Gasteiger partial charge in [-0.1, -0.05) is 19.9 Å². The van der Waals surface area contributed by atoms with Gasteiger partial charge in [-0.3, -0.25) is 0 Å². The SMILES string of the molecule is CC(C)COc1ccc(CNC2CC2)cn1. The summed E-state index contributed by atoms with van der Waals surface area (Å²) in [6.07, 6.45) is 4.54. The fraction of sp³-hybridized carbons (Fsp3) is 0.615. The molecule has 1 aliphatic carbocycles. The maximum Gasteiger partial charge on any atom is 0.213 e. The van der Waals surface area contributed by atoms with E-state index >= 15 is 0 Å². The van der Waals surface area contributed by atoms with Crippen LogP contribution in [0.4, 0.5) is 0 Å². The second-order valence-electron chi connectivity index (χ2n) is 4.86. The Hall–Kier alpha value is -1.09. The van der Waals surface area contributed by atoms with E-state index in [1.54, 1.807) is 0 Å². The molecule has 16 heavy (non-hydrogen) atoms. The van der Waals surface area contributed by atoms with Gasteiger partial charge in [-0.25, -0.2) is 4.98 Å². The molecule has 0 bridgehead atoms. The van der Waals surface area contributed by atoms with Crippen molar-refractivity contribution < 1.29 is 4.74 Å². The molecule has 0 atom stereocenters. The summed E-state index contributed by atoms with van der Waals surface area (Å²) < 4.78 is 5.53. The molecule has 0 spiro atoms. The van der Waals surface area contributed by atoms with Crippen molar-refractivity contribution in [3.63, 3.8) is 0 Å².